The predicted molar refractivity (Wildman–Crippen MR) is 51.5 cm³/mol. The molecule has 0 atom stereocenters. The summed E-state index contributed by atoms with van der Waals surface area (Å²) in [5.41, 5.74) is -0.660. The van der Waals surface area contributed by atoms with E-state index in [9.17, 15) is 13.2 Å². The lowest BCUT2D eigenvalue weighted by atomic mass is 10.2. The third-order valence-electron chi connectivity index (χ3n) is 1.84. The summed E-state index contributed by atoms with van der Waals surface area (Å²) in [6.07, 6.45) is -2.74. The van der Waals surface area contributed by atoms with Crippen LogP contribution in [0.15, 0.2) is 24.3 Å². The second-order valence-electron chi connectivity index (χ2n) is 3.08. The minimum atomic E-state index is -4.29. The van der Waals surface area contributed by atoms with Crippen LogP contribution < -0.4 is 4.74 Å². The Balaban J connectivity index is 2.57. The molecule has 0 N–H and O–H groups in total. The normalized spacial score (nSPS) is 11.5. The van der Waals surface area contributed by atoms with Crippen molar-refractivity contribution in [2.75, 3.05) is 6.61 Å². The third kappa shape index (κ3) is 3.81. The molecular weight excluding hydrogens is 205 g/mol. The molecule has 15 heavy (non-hydrogen) atoms. The van der Waals surface area contributed by atoms with Crippen LogP contribution in [0.2, 0.25) is 0 Å². The number of ether oxygens (including phenoxy) is 1. The molecule has 0 aliphatic carbocycles. The van der Waals surface area contributed by atoms with E-state index in [2.05, 4.69) is 6.92 Å². The van der Waals surface area contributed by atoms with Crippen LogP contribution in [-0.2, 0) is 6.18 Å². The summed E-state index contributed by atoms with van der Waals surface area (Å²) in [6, 6.07) is 4.68. The molecule has 1 radical (unpaired) electrons. The third-order valence-corrected chi connectivity index (χ3v) is 1.84. The second kappa shape index (κ2) is 5.05. The summed E-state index contributed by atoms with van der Waals surface area (Å²) in [7, 11) is 0. The Morgan fingerprint density at radius 3 is 2.20 bits per heavy atom. The van der Waals surface area contributed by atoms with E-state index in [1.54, 1.807) is 0 Å². The first-order valence-corrected chi connectivity index (χ1v) is 4.63. The monoisotopic (exact) mass is 217 g/mol. The smallest absolute Gasteiger partial charge is 0.416 e. The van der Waals surface area contributed by atoms with Crippen molar-refractivity contribution < 1.29 is 17.9 Å². The van der Waals surface area contributed by atoms with Crippen molar-refractivity contribution in [3.8, 4) is 5.75 Å². The van der Waals surface area contributed by atoms with Crippen molar-refractivity contribution in [2.45, 2.75) is 19.0 Å². The molecule has 0 bridgehead atoms. The summed E-state index contributed by atoms with van der Waals surface area (Å²) < 4.78 is 41.7. The van der Waals surface area contributed by atoms with E-state index in [1.165, 1.54) is 12.1 Å². The van der Waals surface area contributed by atoms with Gasteiger partial charge >= 0.3 is 6.18 Å². The van der Waals surface area contributed by atoms with Crippen molar-refractivity contribution in [1.82, 2.24) is 0 Å². The van der Waals surface area contributed by atoms with Gasteiger partial charge in [-0.15, -0.1) is 0 Å². The average Bonchev–Trinajstić information content (AvgIpc) is 2.18. The topological polar surface area (TPSA) is 9.23 Å². The number of benzene rings is 1. The van der Waals surface area contributed by atoms with Crippen molar-refractivity contribution in [3.63, 3.8) is 0 Å². The fraction of sp³-hybridized carbons (Fsp3) is 0.364. The highest BCUT2D eigenvalue weighted by atomic mass is 19.4. The predicted octanol–water partition coefficient (Wildman–Crippen LogP) is 3.70. The summed E-state index contributed by atoms with van der Waals surface area (Å²) >= 11 is 0. The molecule has 0 heterocycles. The maximum atomic E-state index is 12.2. The lowest BCUT2D eigenvalue weighted by molar-refractivity contribution is -0.137. The molecular formula is C11H12F3O. The molecule has 0 saturated heterocycles. The van der Waals surface area contributed by atoms with Gasteiger partial charge < -0.3 is 4.74 Å². The number of alkyl halides is 3. The van der Waals surface area contributed by atoms with E-state index in [4.69, 9.17) is 4.74 Å². The molecule has 0 unspecified atom stereocenters. The van der Waals surface area contributed by atoms with Crippen LogP contribution in [0.3, 0.4) is 0 Å². The molecule has 0 aliphatic rings. The molecule has 1 aromatic rings. The molecule has 0 aliphatic heterocycles. The highest BCUT2D eigenvalue weighted by molar-refractivity contribution is 5.28. The van der Waals surface area contributed by atoms with Crippen LogP contribution in [0.4, 0.5) is 13.2 Å². The van der Waals surface area contributed by atoms with Gasteiger partial charge in [0.15, 0.2) is 0 Å². The Labute approximate surface area is 86.9 Å². The zero-order valence-corrected chi connectivity index (χ0v) is 8.18. The first-order chi connectivity index (χ1) is 7.04. The molecule has 1 rings (SSSR count). The fourth-order valence-electron chi connectivity index (χ4n) is 1.03. The summed E-state index contributed by atoms with van der Waals surface area (Å²) in [5, 5.41) is 0. The standard InChI is InChI=1S/C11H12F3O/c1-2-3-8-15-10-6-4-9(5-7-10)11(12,13)14/h4-7H,1-3,8H2. The van der Waals surface area contributed by atoms with Crippen molar-refractivity contribution >= 4 is 0 Å². The fourth-order valence-corrected chi connectivity index (χ4v) is 1.03. The Hall–Kier alpha value is -1.19. The van der Waals surface area contributed by atoms with E-state index in [0.29, 0.717) is 12.4 Å². The van der Waals surface area contributed by atoms with Gasteiger partial charge in [0.05, 0.1) is 12.2 Å². The van der Waals surface area contributed by atoms with E-state index >= 15 is 0 Å². The molecule has 1 nitrogen and oxygen atoms in total. The Morgan fingerprint density at radius 1 is 1.13 bits per heavy atom. The molecule has 83 valence electrons. The lowest BCUT2D eigenvalue weighted by Gasteiger charge is -2.08. The minimum absolute atomic E-state index is 0.455. The zero-order valence-electron chi connectivity index (χ0n) is 8.18. The Bertz CT molecular complexity index is 290. The largest absolute Gasteiger partial charge is 0.494 e. The first kappa shape index (κ1) is 11.9. The van der Waals surface area contributed by atoms with Crippen LogP contribution in [0.1, 0.15) is 18.4 Å². The maximum Gasteiger partial charge on any atom is 0.416 e. The second-order valence-corrected chi connectivity index (χ2v) is 3.08. The van der Waals surface area contributed by atoms with Gasteiger partial charge in [0.25, 0.3) is 0 Å². The van der Waals surface area contributed by atoms with Crippen molar-refractivity contribution in [2.24, 2.45) is 0 Å². The first-order valence-electron chi connectivity index (χ1n) is 4.63. The maximum absolute atomic E-state index is 12.2. The van der Waals surface area contributed by atoms with Gasteiger partial charge in [0, 0.05) is 0 Å². The molecule has 0 amide bonds. The van der Waals surface area contributed by atoms with Gasteiger partial charge in [0.2, 0.25) is 0 Å². The summed E-state index contributed by atoms with van der Waals surface area (Å²) in [5.74, 6) is 0.455. The van der Waals surface area contributed by atoms with E-state index < -0.39 is 11.7 Å². The number of unbranched alkanes of at least 4 members (excludes halogenated alkanes) is 1. The van der Waals surface area contributed by atoms with Gasteiger partial charge in [-0.3, -0.25) is 0 Å². The van der Waals surface area contributed by atoms with Crippen LogP contribution >= 0.6 is 0 Å². The zero-order chi connectivity index (χ0) is 11.3. The average molecular weight is 217 g/mol. The number of hydrogen-bond acceptors (Lipinski definition) is 1. The van der Waals surface area contributed by atoms with Crippen LogP contribution in [-0.4, -0.2) is 6.61 Å². The van der Waals surface area contributed by atoms with Crippen LogP contribution in [0, 0.1) is 6.92 Å². The van der Waals surface area contributed by atoms with Crippen LogP contribution in [0.25, 0.3) is 0 Å². The molecule has 0 spiro atoms. The van der Waals surface area contributed by atoms with Gasteiger partial charge in [-0.2, -0.15) is 13.2 Å². The van der Waals surface area contributed by atoms with Gasteiger partial charge in [-0.25, -0.2) is 0 Å². The number of hydrogen-bond donors (Lipinski definition) is 0. The van der Waals surface area contributed by atoms with Crippen molar-refractivity contribution in [1.29, 1.82) is 0 Å². The van der Waals surface area contributed by atoms with Crippen molar-refractivity contribution in [3.05, 3.63) is 36.8 Å². The molecule has 0 aromatic heterocycles. The van der Waals surface area contributed by atoms with E-state index in [-0.39, 0.29) is 0 Å². The highest BCUT2D eigenvalue weighted by Gasteiger charge is 2.29. The quantitative estimate of drug-likeness (QED) is 0.699. The highest BCUT2D eigenvalue weighted by Crippen LogP contribution is 2.30. The van der Waals surface area contributed by atoms with E-state index in [1.807, 2.05) is 0 Å². The minimum Gasteiger partial charge on any atom is -0.494 e. The van der Waals surface area contributed by atoms with Gasteiger partial charge in [-0.05, 0) is 30.7 Å². The summed E-state index contributed by atoms with van der Waals surface area (Å²) in [6.45, 7) is 4.12. The summed E-state index contributed by atoms with van der Waals surface area (Å²) in [4.78, 5) is 0. The lowest BCUT2D eigenvalue weighted by Crippen LogP contribution is -2.04. The van der Waals surface area contributed by atoms with E-state index in [0.717, 1.165) is 25.0 Å². The van der Waals surface area contributed by atoms with Crippen LogP contribution in [0.5, 0.6) is 5.75 Å². The number of halogens is 3. The Morgan fingerprint density at radius 2 is 1.73 bits per heavy atom. The molecule has 4 heteroatoms. The molecule has 0 fully saturated rings. The van der Waals surface area contributed by atoms with Gasteiger partial charge in [0.1, 0.15) is 5.75 Å². The number of rotatable bonds is 4. The molecule has 0 saturated carbocycles. The Kier molecular flexibility index (Phi) is 4.00. The molecule has 1 aromatic carbocycles. The van der Waals surface area contributed by atoms with Gasteiger partial charge in [-0.1, -0.05) is 13.3 Å². The SMILES string of the molecule is [CH2]CCCOc1ccc(C(F)(F)F)cc1.